The molecular formula is C27H27N5O4S. The Bertz CT molecular complexity index is 1300. The summed E-state index contributed by atoms with van der Waals surface area (Å²) in [5.41, 5.74) is 1.30. The van der Waals surface area contributed by atoms with Crippen LogP contribution in [0.2, 0.25) is 0 Å². The van der Waals surface area contributed by atoms with Crippen molar-refractivity contribution >= 4 is 40.9 Å². The van der Waals surface area contributed by atoms with Gasteiger partial charge in [-0.1, -0.05) is 54.2 Å². The van der Waals surface area contributed by atoms with Crippen LogP contribution in [0.1, 0.15) is 6.42 Å². The fraction of sp³-hybridized carbons (Fsp3) is 0.222. The zero-order valence-corrected chi connectivity index (χ0v) is 20.9. The molecule has 10 heteroatoms. The van der Waals surface area contributed by atoms with Gasteiger partial charge >= 0.3 is 0 Å². The quantitative estimate of drug-likeness (QED) is 0.327. The lowest BCUT2D eigenvalue weighted by Crippen LogP contribution is -2.72. The van der Waals surface area contributed by atoms with E-state index >= 15 is 0 Å². The van der Waals surface area contributed by atoms with Crippen molar-refractivity contribution in [3.05, 3.63) is 78.9 Å². The molecule has 9 nitrogen and oxygen atoms in total. The second-order valence-electron chi connectivity index (χ2n) is 8.73. The maximum Gasteiger partial charge on any atom is 0.229 e. The standard InChI is InChI=1S/C27H27N5O4S/c1-36-20-13-7-5-11-18(20)29-27-31-24-23(26(35)32-27)17(15-22(33)30-24)25(34)28-19-12-6-8-14-21(19)37-16-9-3-2-4-10-16/h2-14,17,23-24,27,29,31H,15H2,1H3,(H,28,34)(H,30,33)(H,32,35). The first-order valence-electron chi connectivity index (χ1n) is 11.9. The van der Waals surface area contributed by atoms with Crippen LogP contribution in [0.5, 0.6) is 5.75 Å². The summed E-state index contributed by atoms with van der Waals surface area (Å²) in [6, 6.07) is 24.6. The number of piperidine rings is 1. The van der Waals surface area contributed by atoms with E-state index in [0.29, 0.717) is 17.1 Å². The number of rotatable bonds is 7. The third kappa shape index (κ3) is 5.55. The van der Waals surface area contributed by atoms with E-state index in [4.69, 9.17) is 4.74 Å². The van der Waals surface area contributed by atoms with E-state index in [0.717, 1.165) is 9.79 Å². The average molecular weight is 518 g/mol. The fourth-order valence-corrected chi connectivity index (χ4v) is 5.50. The first-order chi connectivity index (χ1) is 18.0. The van der Waals surface area contributed by atoms with E-state index in [1.165, 1.54) is 11.8 Å². The van der Waals surface area contributed by atoms with Crippen LogP contribution in [0.15, 0.2) is 88.7 Å². The van der Waals surface area contributed by atoms with Crippen LogP contribution in [-0.4, -0.2) is 37.3 Å². The van der Waals surface area contributed by atoms with Crippen molar-refractivity contribution in [3.63, 3.8) is 0 Å². The van der Waals surface area contributed by atoms with Crippen LogP contribution >= 0.6 is 11.8 Å². The van der Waals surface area contributed by atoms with Gasteiger partial charge in [-0.3, -0.25) is 19.7 Å². The molecule has 3 aromatic carbocycles. The van der Waals surface area contributed by atoms with Crippen molar-refractivity contribution < 1.29 is 19.1 Å². The predicted molar refractivity (Wildman–Crippen MR) is 141 cm³/mol. The zero-order chi connectivity index (χ0) is 25.8. The summed E-state index contributed by atoms with van der Waals surface area (Å²) in [7, 11) is 1.56. The molecule has 3 aromatic rings. The van der Waals surface area contributed by atoms with Gasteiger partial charge in [0.25, 0.3) is 0 Å². The predicted octanol–water partition coefficient (Wildman–Crippen LogP) is 2.98. The number of para-hydroxylation sites is 3. The highest BCUT2D eigenvalue weighted by Gasteiger charge is 2.48. The molecule has 37 heavy (non-hydrogen) atoms. The fourth-order valence-electron chi connectivity index (χ4n) is 4.57. The summed E-state index contributed by atoms with van der Waals surface area (Å²) in [6.45, 7) is 0. The molecule has 2 aliphatic rings. The lowest BCUT2D eigenvalue weighted by Gasteiger charge is -2.43. The first kappa shape index (κ1) is 24.7. The molecule has 5 N–H and O–H groups in total. The molecule has 5 rings (SSSR count). The number of hydrogen-bond donors (Lipinski definition) is 5. The van der Waals surface area contributed by atoms with Crippen molar-refractivity contribution in [3.8, 4) is 5.75 Å². The van der Waals surface area contributed by atoms with Crippen molar-refractivity contribution in [2.24, 2.45) is 11.8 Å². The Labute approximate surface area is 218 Å². The average Bonchev–Trinajstić information content (AvgIpc) is 2.90. The number of benzene rings is 3. The Morgan fingerprint density at radius 2 is 1.62 bits per heavy atom. The highest BCUT2D eigenvalue weighted by molar-refractivity contribution is 7.99. The third-order valence-electron chi connectivity index (χ3n) is 6.31. The minimum absolute atomic E-state index is 0.0826. The maximum atomic E-state index is 13.4. The lowest BCUT2D eigenvalue weighted by atomic mass is 9.81. The van der Waals surface area contributed by atoms with Crippen LogP contribution in [0.3, 0.4) is 0 Å². The summed E-state index contributed by atoms with van der Waals surface area (Å²) in [5.74, 6) is -2.01. The van der Waals surface area contributed by atoms with Gasteiger partial charge in [-0.15, -0.1) is 0 Å². The minimum Gasteiger partial charge on any atom is -0.495 e. The number of ether oxygens (including phenoxy) is 1. The molecule has 0 saturated carbocycles. The van der Waals surface area contributed by atoms with Crippen LogP contribution in [-0.2, 0) is 14.4 Å². The molecule has 2 saturated heterocycles. The molecule has 4 atom stereocenters. The monoisotopic (exact) mass is 517 g/mol. The highest BCUT2D eigenvalue weighted by Crippen LogP contribution is 2.35. The van der Waals surface area contributed by atoms with Crippen LogP contribution < -0.4 is 31.3 Å². The summed E-state index contributed by atoms with van der Waals surface area (Å²) in [5, 5.41) is 15.0. The summed E-state index contributed by atoms with van der Waals surface area (Å²) >= 11 is 1.53. The zero-order valence-electron chi connectivity index (χ0n) is 20.1. The van der Waals surface area contributed by atoms with Crippen LogP contribution in [0.25, 0.3) is 0 Å². The Hall–Kier alpha value is -4.02. The van der Waals surface area contributed by atoms with E-state index in [1.807, 2.05) is 72.8 Å². The normalized spacial score (nSPS) is 22.7. The summed E-state index contributed by atoms with van der Waals surface area (Å²) < 4.78 is 5.36. The Morgan fingerprint density at radius 3 is 2.41 bits per heavy atom. The Balaban J connectivity index is 1.31. The van der Waals surface area contributed by atoms with Gasteiger partial charge in [-0.2, -0.15) is 0 Å². The molecule has 2 heterocycles. The molecule has 3 amide bonds. The number of methoxy groups -OCH3 is 1. The number of fused-ring (bicyclic) bond motifs is 1. The summed E-state index contributed by atoms with van der Waals surface area (Å²) in [6.07, 6.45) is -1.47. The molecule has 0 aliphatic carbocycles. The second-order valence-corrected chi connectivity index (χ2v) is 9.85. The van der Waals surface area contributed by atoms with Gasteiger partial charge in [-0.05, 0) is 36.4 Å². The molecular weight excluding hydrogens is 490 g/mol. The molecule has 2 aliphatic heterocycles. The van der Waals surface area contributed by atoms with Gasteiger partial charge in [0, 0.05) is 16.2 Å². The van der Waals surface area contributed by atoms with E-state index in [2.05, 4.69) is 26.6 Å². The SMILES string of the molecule is COc1ccccc1NC1NC(=O)C2C(NC(=O)CC2C(=O)Nc2ccccc2Sc2ccccc2)N1. The van der Waals surface area contributed by atoms with Crippen molar-refractivity contribution in [2.45, 2.75) is 28.7 Å². The smallest absolute Gasteiger partial charge is 0.229 e. The Kier molecular flexibility index (Phi) is 7.29. The van der Waals surface area contributed by atoms with Gasteiger partial charge < -0.3 is 26.0 Å². The van der Waals surface area contributed by atoms with Gasteiger partial charge in [0.1, 0.15) is 5.75 Å². The van der Waals surface area contributed by atoms with Gasteiger partial charge in [0.2, 0.25) is 17.7 Å². The van der Waals surface area contributed by atoms with Gasteiger partial charge in [-0.25, -0.2) is 0 Å². The van der Waals surface area contributed by atoms with Crippen LogP contribution in [0, 0.1) is 11.8 Å². The number of anilines is 2. The van der Waals surface area contributed by atoms with Gasteiger partial charge in [0.05, 0.1) is 36.5 Å². The van der Waals surface area contributed by atoms with E-state index in [1.54, 1.807) is 13.2 Å². The van der Waals surface area contributed by atoms with E-state index in [9.17, 15) is 14.4 Å². The lowest BCUT2D eigenvalue weighted by molar-refractivity contribution is -0.144. The number of nitrogens with one attached hydrogen (secondary N) is 5. The van der Waals surface area contributed by atoms with Crippen molar-refractivity contribution in [1.29, 1.82) is 0 Å². The van der Waals surface area contributed by atoms with Crippen LogP contribution in [0.4, 0.5) is 11.4 Å². The van der Waals surface area contributed by atoms with Gasteiger partial charge in [0.15, 0.2) is 6.29 Å². The molecule has 0 spiro atoms. The maximum absolute atomic E-state index is 13.4. The molecule has 190 valence electrons. The van der Waals surface area contributed by atoms with Crippen molar-refractivity contribution in [2.75, 3.05) is 17.7 Å². The Morgan fingerprint density at radius 1 is 0.919 bits per heavy atom. The number of amides is 3. The molecule has 4 unspecified atom stereocenters. The molecule has 0 aromatic heterocycles. The topological polar surface area (TPSA) is 121 Å². The summed E-state index contributed by atoms with van der Waals surface area (Å²) in [4.78, 5) is 41.1. The number of carbonyl (C=O) groups is 3. The number of hydrogen-bond acceptors (Lipinski definition) is 7. The number of carbonyl (C=O) groups excluding carboxylic acids is 3. The minimum atomic E-state index is -0.840. The van der Waals surface area contributed by atoms with E-state index in [-0.39, 0.29) is 24.1 Å². The van der Waals surface area contributed by atoms with Crippen molar-refractivity contribution in [1.82, 2.24) is 16.0 Å². The van der Waals surface area contributed by atoms with E-state index < -0.39 is 24.3 Å². The molecule has 0 bridgehead atoms. The highest BCUT2D eigenvalue weighted by atomic mass is 32.2. The largest absolute Gasteiger partial charge is 0.495 e. The second kappa shape index (κ2) is 10.9. The third-order valence-corrected chi connectivity index (χ3v) is 7.39. The first-order valence-corrected chi connectivity index (χ1v) is 12.7. The molecule has 0 radical (unpaired) electrons. The molecule has 2 fully saturated rings.